The van der Waals surface area contributed by atoms with Crippen LogP contribution in [-0.2, 0) is 4.74 Å². The van der Waals surface area contributed by atoms with Crippen LogP contribution in [0.2, 0.25) is 0 Å². The van der Waals surface area contributed by atoms with Crippen molar-refractivity contribution >= 4 is 17.0 Å². The largest absolute Gasteiger partial charge is 0.387 e. The first-order chi connectivity index (χ1) is 9.32. The topological polar surface area (TPSA) is 150 Å². The number of hydrogen-bond acceptors (Lipinski definition) is 7. The fourth-order valence-corrected chi connectivity index (χ4v) is 2.55. The number of nitrogen functional groups attached to an aromatic ring is 1. The van der Waals surface area contributed by atoms with Crippen LogP contribution < -0.4 is 11.3 Å². The molecule has 0 saturated carbocycles. The Bertz CT molecular complexity index is 721. The average Bonchev–Trinajstić information content (AvgIpc) is 2.85. The molecule has 1 aliphatic rings. The van der Waals surface area contributed by atoms with E-state index in [4.69, 9.17) is 10.5 Å². The van der Waals surface area contributed by atoms with Crippen molar-refractivity contribution in [3.05, 3.63) is 16.0 Å². The summed E-state index contributed by atoms with van der Waals surface area (Å²) in [5.74, 6) is -0.0589. The van der Waals surface area contributed by atoms with E-state index in [1.165, 1.54) is 6.92 Å². The second-order valence-electron chi connectivity index (χ2n) is 5.18. The average molecular weight is 281 g/mol. The normalized spacial score (nSPS) is 33.9. The molecule has 1 aliphatic heterocycles. The van der Waals surface area contributed by atoms with Crippen LogP contribution in [0.5, 0.6) is 0 Å². The Morgan fingerprint density at radius 2 is 2.15 bits per heavy atom. The van der Waals surface area contributed by atoms with Crippen molar-refractivity contribution in [1.29, 1.82) is 0 Å². The summed E-state index contributed by atoms with van der Waals surface area (Å²) < 4.78 is 5.56. The highest BCUT2D eigenvalue weighted by Crippen LogP contribution is 2.42. The summed E-state index contributed by atoms with van der Waals surface area (Å²) in [7, 11) is 0. The number of hydrogen-bond donors (Lipinski definition) is 5. The number of aromatic amines is 2. The van der Waals surface area contributed by atoms with Crippen molar-refractivity contribution < 1.29 is 14.9 Å². The lowest BCUT2D eigenvalue weighted by Crippen LogP contribution is -2.41. The molecule has 3 heterocycles. The zero-order valence-corrected chi connectivity index (χ0v) is 10.9. The summed E-state index contributed by atoms with van der Waals surface area (Å²) in [4.78, 5) is 18.1. The molecule has 6 N–H and O–H groups in total. The van der Waals surface area contributed by atoms with Gasteiger partial charge in [0.2, 0.25) is 5.95 Å². The monoisotopic (exact) mass is 281 g/mol. The Morgan fingerprint density at radius 1 is 1.45 bits per heavy atom. The fourth-order valence-electron chi connectivity index (χ4n) is 2.55. The maximum absolute atomic E-state index is 11.7. The van der Waals surface area contributed by atoms with Crippen molar-refractivity contribution in [1.82, 2.24) is 20.2 Å². The number of H-pyrrole nitrogens is 2. The maximum Gasteiger partial charge on any atom is 0.280 e. The summed E-state index contributed by atoms with van der Waals surface area (Å²) in [6, 6.07) is 0. The second-order valence-corrected chi connectivity index (χ2v) is 5.18. The van der Waals surface area contributed by atoms with E-state index in [0.29, 0.717) is 5.69 Å². The van der Waals surface area contributed by atoms with Crippen LogP contribution in [0.15, 0.2) is 4.79 Å². The van der Waals surface area contributed by atoms with Gasteiger partial charge in [0.25, 0.3) is 5.56 Å². The van der Waals surface area contributed by atoms with Gasteiger partial charge in [-0.15, -0.1) is 0 Å². The van der Waals surface area contributed by atoms with Crippen molar-refractivity contribution in [2.75, 3.05) is 5.73 Å². The molecule has 0 aromatic carbocycles. The van der Waals surface area contributed by atoms with Crippen LogP contribution in [0.25, 0.3) is 11.0 Å². The summed E-state index contributed by atoms with van der Waals surface area (Å²) in [6.45, 7) is 3.10. The standard InChI is InChI=1S/C11H15N5O4/c1-3-7(17)11(2,19)8(20-3)5-4-6(16-15-5)9(18)14-10(12)13-4/h3,7-8,17,19H,1-2H3,(H,15,16)(H3,12,13,14,18)/t3-,7-,8+,11-/m1/s1. The maximum atomic E-state index is 11.7. The molecule has 1 fully saturated rings. The molecule has 0 aliphatic carbocycles. The number of nitrogens with one attached hydrogen (secondary N) is 2. The van der Waals surface area contributed by atoms with Crippen LogP contribution in [0.4, 0.5) is 5.95 Å². The highest BCUT2D eigenvalue weighted by Gasteiger charge is 2.52. The first-order valence-electron chi connectivity index (χ1n) is 6.12. The van der Waals surface area contributed by atoms with E-state index in [-0.39, 0.29) is 17.0 Å². The minimum atomic E-state index is -1.53. The van der Waals surface area contributed by atoms with Crippen LogP contribution >= 0.6 is 0 Å². The Hall–Kier alpha value is -1.97. The van der Waals surface area contributed by atoms with Gasteiger partial charge in [-0.2, -0.15) is 5.10 Å². The Balaban J connectivity index is 2.19. The molecule has 9 nitrogen and oxygen atoms in total. The molecule has 3 rings (SSSR count). The molecule has 2 aromatic heterocycles. The van der Waals surface area contributed by atoms with Gasteiger partial charge >= 0.3 is 0 Å². The first-order valence-corrected chi connectivity index (χ1v) is 6.12. The molecular formula is C11H15N5O4. The molecule has 108 valence electrons. The molecule has 0 bridgehead atoms. The van der Waals surface area contributed by atoms with Crippen molar-refractivity contribution in [2.45, 2.75) is 37.8 Å². The van der Waals surface area contributed by atoms with Gasteiger partial charge in [-0.25, -0.2) is 4.98 Å². The van der Waals surface area contributed by atoms with E-state index in [1.54, 1.807) is 6.92 Å². The minimum Gasteiger partial charge on any atom is -0.387 e. The molecule has 20 heavy (non-hydrogen) atoms. The third-order valence-corrected chi connectivity index (χ3v) is 3.64. The van der Waals surface area contributed by atoms with E-state index >= 15 is 0 Å². The number of aliphatic hydroxyl groups is 2. The molecule has 1 saturated heterocycles. The van der Waals surface area contributed by atoms with Gasteiger partial charge < -0.3 is 20.7 Å². The molecule has 0 amide bonds. The highest BCUT2D eigenvalue weighted by atomic mass is 16.5. The molecule has 2 aromatic rings. The predicted molar refractivity (Wildman–Crippen MR) is 68.8 cm³/mol. The number of aromatic nitrogens is 4. The molecule has 4 atom stereocenters. The van der Waals surface area contributed by atoms with Crippen LogP contribution in [0.1, 0.15) is 25.6 Å². The molecule has 9 heteroatoms. The lowest BCUT2D eigenvalue weighted by molar-refractivity contribution is -0.0655. The number of fused-ring (bicyclic) bond motifs is 1. The van der Waals surface area contributed by atoms with E-state index in [9.17, 15) is 15.0 Å². The Labute approximate surface area is 112 Å². The number of anilines is 1. The molecule has 0 radical (unpaired) electrons. The predicted octanol–water partition coefficient (Wildman–Crippen LogP) is -1.20. The van der Waals surface area contributed by atoms with Crippen molar-refractivity contribution in [2.24, 2.45) is 0 Å². The third-order valence-electron chi connectivity index (χ3n) is 3.64. The van der Waals surface area contributed by atoms with Gasteiger partial charge in [0.1, 0.15) is 23.3 Å². The summed E-state index contributed by atoms with van der Waals surface area (Å²) in [5, 5.41) is 26.8. The number of aliphatic hydroxyl groups excluding tert-OH is 1. The summed E-state index contributed by atoms with van der Waals surface area (Å²) >= 11 is 0. The first kappa shape index (κ1) is 13.0. The van der Waals surface area contributed by atoms with E-state index < -0.39 is 29.5 Å². The lowest BCUT2D eigenvalue weighted by Gasteiger charge is -2.25. The van der Waals surface area contributed by atoms with Crippen LogP contribution in [-0.4, -0.2) is 48.2 Å². The summed E-state index contributed by atoms with van der Waals surface area (Å²) in [6.07, 6.45) is -2.51. The van der Waals surface area contributed by atoms with E-state index in [1.807, 2.05) is 0 Å². The Kier molecular flexibility index (Phi) is 2.61. The molecule has 0 spiro atoms. The van der Waals surface area contributed by atoms with Gasteiger partial charge in [-0.3, -0.25) is 14.9 Å². The highest BCUT2D eigenvalue weighted by molar-refractivity contribution is 5.77. The summed E-state index contributed by atoms with van der Waals surface area (Å²) in [5.41, 5.74) is 4.10. The van der Waals surface area contributed by atoms with Gasteiger partial charge in [-0.1, -0.05) is 0 Å². The number of nitrogens with zero attached hydrogens (tertiary/aromatic N) is 2. The Morgan fingerprint density at radius 3 is 2.75 bits per heavy atom. The second kappa shape index (κ2) is 4.01. The van der Waals surface area contributed by atoms with E-state index in [0.717, 1.165) is 0 Å². The zero-order chi connectivity index (χ0) is 14.7. The van der Waals surface area contributed by atoms with Gasteiger partial charge in [0.15, 0.2) is 5.52 Å². The van der Waals surface area contributed by atoms with Crippen LogP contribution in [0.3, 0.4) is 0 Å². The fraction of sp³-hybridized carbons (Fsp3) is 0.545. The zero-order valence-electron chi connectivity index (χ0n) is 10.9. The van der Waals surface area contributed by atoms with E-state index in [2.05, 4.69) is 20.2 Å². The third kappa shape index (κ3) is 1.64. The molecule has 0 unspecified atom stereocenters. The SMILES string of the molecule is C[C@H]1O[C@@H](c2[nH]nc3c(=O)[nH]c(N)nc23)[C@](C)(O)[C@@H]1O. The number of nitrogens with two attached hydrogens (primary N) is 1. The van der Waals surface area contributed by atoms with Gasteiger partial charge in [0, 0.05) is 0 Å². The molecular weight excluding hydrogens is 266 g/mol. The van der Waals surface area contributed by atoms with Crippen molar-refractivity contribution in [3.8, 4) is 0 Å². The number of ether oxygens (including phenoxy) is 1. The minimum absolute atomic E-state index is 0.0589. The quantitative estimate of drug-likeness (QED) is 0.440. The van der Waals surface area contributed by atoms with Gasteiger partial charge in [-0.05, 0) is 13.8 Å². The van der Waals surface area contributed by atoms with Crippen LogP contribution in [0, 0.1) is 0 Å². The van der Waals surface area contributed by atoms with Crippen molar-refractivity contribution in [3.63, 3.8) is 0 Å². The number of rotatable bonds is 1. The lowest BCUT2D eigenvalue weighted by atomic mass is 9.91. The smallest absolute Gasteiger partial charge is 0.280 e. The van der Waals surface area contributed by atoms with Gasteiger partial charge in [0.05, 0.1) is 11.8 Å².